The monoisotopic (exact) mass is 332 g/mol. The molecule has 1 amide bonds. The molecule has 0 bridgehead atoms. The highest BCUT2D eigenvalue weighted by molar-refractivity contribution is 5.64. The summed E-state index contributed by atoms with van der Waals surface area (Å²) >= 11 is 0. The number of rotatable bonds is 6. The summed E-state index contributed by atoms with van der Waals surface area (Å²) in [4.78, 5) is 10.5. The number of aryl methyl sites for hydroxylation is 1. The first kappa shape index (κ1) is 17.5. The second kappa shape index (κ2) is 7.63. The van der Waals surface area contributed by atoms with Gasteiger partial charge in [0, 0.05) is 23.4 Å². The van der Waals surface area contributed by atoms with E-state index in [0.717, 1.165) is 22.5 Å². The fourth-order valence-corrected chi connectivity index (χ4v) is 2.41. The number of allylic oxidation sites excluding steroid dienone is 1. The number of ether oxygens (including phenoxy) is 1. The summed E-state index contributed by atoms with van der Waals surface area (Å²) in [5, 5.41) is 4.39. The number of aromatic nitrogens is 2. The molecule has 1 aromatic heterocycles. The van der Waals surface area contributed by atoms with Gasteiger partial charge in [-0.05, 0) is 37.6 Å². The molecule has 0 fully saturated rings. The fraction of sp³-hybridized carbons (Fsp3) is 0.294. The largest absolute Gasteiger partial charge is 0.445 e. The van der Waals surface area contributed by atoms with Crippen LogP contribution in [0.3, 0.4) is 0 Å². The van der Waals surface area contributed by atoms with E-state index < -0.39 is 11.9 Å². The minimum atomic E-state index is -0.934. The maximum absolute atomic E-state index is 13.9. The molecule has 7 heteroatoms. The molecule has 128 valence electrons. The number of nitrogens with two attached hydrogens (primary N) is 2. The van der Waals surface area contributed by atoms with Gasteiger partial charge in [-0.15, -0.1) is 0 Å². The zero-order valence-corrected chi connectivity index (χ0v) is 13.8. The first-order chi connectivity index (χ1) is 11.4. The molecule has 0 atom stereocenters. The number of anilines is 1. The highest BCUT2D eigenvalue weighted by Gasteiger charge is 2.13. The van der Waals surface area contributed by atoms with Crippen molar-refractivity contribution in [3.8, 4) is 0 Å². The third-order valence-electron chi connectivity index (χ3n) is 3.72. The molecule has 0 aliphatic rings. The van der Waals surface area contributed by atoms with Crippen molar-refractivity contribution >= 4 is 11.8 Å². The molecule has 0 unspecified atom stereocenters. The lowest BCUT2D eigenvalue weighted by molar-refractivity contribution is 0.168. The minimum Gasteiger partial charge on any atom is -0.445 e. The van der Waals surface area contributed by atoms with Crippen LogP contribution in [0.15, 0.2) is 36.2 Å². The summed E-state index contributed by atoms with van der Waals surface area (Å²) in [6.07, 6.45) is 0.936. The van der Waals surface area contributed by atoms with E-state index in [-0.39, 0.29) is 13.2 Å². The SMILES string of the molecule is Cc1nn(C/C(F)=C/COC(N)=O)c(C)c1Cc1ccc(N)cc1. The molecule has 1 aromatic carbocycles. The molecule has 0 saturated heterocycles. The van der Waals surface area contributed by atoms with Crippen LogP contribution in [0.2, 0.25) is 0 Å². The number of primary amides is 1. The van der Waals surface area contributed by atoms with Gasteiger partial charge in [0.25, 0.3) is 0 Å². The summed E-state index contributed by atoms with van der Waals surface area (Å²) in [5.74, 6) is -0.444. The number of carbonyl (C=O) groups is 1. The normalized spacial score (nSPS) is 11.5. The molecule has 1 heterocycles. The van der Waals surface area contributed by atoms with Crippen LogP contribution in [0.1, 0.15) is 22.5 Å². The van der Waals surface area contributed by atoms with Crippen LogP contribution in [0.5, 0.6) is 0 Å². The van der Waals surface area contributed by atoms with Crippen molar-refractivity contribution < 1.29 is 13.9 Å². The molecular formula is C17H21FN4O2. The van der Waals surface area contributed by atoms with Crippen molar-refractivity contribution in [3.63, 3.8) is 0 Å². The van der Waals surface area contributed by atoms with Gasteiger partial charge in [0.1, 0.15) is 12.4 Å². The standard InChI is InChI=1S/C17H21FN4O2/c1-11-16(9-13-3-5-15(19)6-4-13)12(2)22(21-11)10-14(18)7-8-24-17(20)23/h3-7H,8-10,19H2,1-2H3,(H2,20,23)/b14-7-. The summed E-state index contributed by atoms with van der Waals surface area (Å²) in [5.41, 5.74) is 15.1. The van der Waals surface area contributed by atoms with Crippen molar-refractivity contribution in [2.24, 2.45) is 5.73 Å². The molecule has 2 rings (SSSR count). The lowest BCUT2D eigenvalue weighted by Gasteiger charge is -2.05. The van der Waals surface area contributed by atoms with Crippen LogP contribution in [-0.4, -0.2) is 22.5 Å². The Hall–Kier alpha value is -2.83. The number of amides is 1. The van der Waals surface area contributed by atoms with Gasteiger partial charge in [0.15, 0.2) is 0 Å². The average molecular weight is 332 g/mol. The minimum absolute atomic E-state index is 0.0173. The molecule has 2 aromatic rings. The van der Waals surface area contributed by atoms with Crippen molar-refractivity contribution in [2.75, 3.05) is 12.3 Å². The van der Waals surface area contributed by atoms with Gasteiger partial charge >= 0.3 is 6.09 Å². The van der Waals surface area contributed by atoms with Crippen LogP contribution in [0, 0.1) is 13.8 Å². The van der Waals surface area contributed by atoms with E-state index in [4.69, 9.17) is 11.5 Å². The lowest BCUT2D eigenvalue weighted by Crippen LogP contribution is -2.13. The Bertz CT molecular complexity index is 751. The molecule has 0 aliphatic heterocycles. The van der Waals surface area contributed by atoms with Gasteiger partial charge in [-0.1, -0.05) is 12.1 Å². The van der Waals surface area contributed by atoms with Crippen molar-refractivity contribution in [1.29, 1.82) is 0 Å². The highest BCUT2D eigenvalue weighted by atomic mass is 19.1. The second-order valence-corrected chi connectivity index (χ2v) is 5.51. The lowest BCUT2D eigenvalue weighted by atomic mass is 10.0. The summed E-state index contributed by atoms with van der Waals surface area (Å²) in [6, 6.07) is 7.64. The number of nitrogen functional groups attached to an aromatic ring is 1. The number of halogens is 1. The van der Waals surface area contributed by atoms with E-state index in [9.17, 15) is 9.18 Å². The molecular weight excluding hydrogens is 311 g/mol. The van der Waals surface area contributed by atoms with E-state index in [0.29, 0.717) is 12.1 Å². The Morgan fingerprint density at radius 3 is 2.62 bits per heavy atom. The van der Waals surface area contributed by atoms with E-state index >= 15 is 0 Å². The number of benzene rings is 1. The molecule has 24 heavy (non-hydrogen) atoms. The Balaban J connectivity index is 2.10. The van der Waals surface area contributed by atoms with Crippen LogP contribution < -0.4 is 11.5 Å². The number of hydrogen-bond acceptors (Lipinski definition) is 4. The first-order valence-corrected chi connectivity index (χ1v) is 7.51. The topological polar surface area (TPSA) is 96.2 Å². The van der Waals surface area contributed by atoms with Crippen LogP contribution >= 0.6 is 0 Å². The Labute approximate surface area is 139 Å². The summed E-state index contributed by atoms with van der Waals surface area (Å²) < 4.78 is 20.0. The van der Waals surface area contributed by atoms with Crippen LogP contribution in [-0.2, 0) is 17.7 Å². The number of carbonyl (C=O) groups excluding carboxylic acids is 1. The first-order valence-electron chi connectivity index (χ1n) is 7.51. The Morgan fingerprint density at radius 1 is 1.33 bits per heavy atom. The smallest absolute Gasteiger partial charge is 0.404 e. The Kier molecular flexibility index (Phi) is 5.57. The van der Waals surface area contributed by atoms with Gasteiger partial charge in [0.2, 0.25) is 0 Å². The third-order valence-corrected chi connectivity index (χ3v) is 3.72. The molecule has 0 radical (unpaired) electrons. The summed E-state index contributed by atoms with van der Waals surface area (Å²) in [6.45, 7) is 3.59. The van der Waals surface area contributed by atoms with Gasteiger partial charge in [-0.2, -0.15) is 5.10 Å². The highest BCUT2D eigenvalue weighted by Crippen LogP contribution is 2.19. The van der Waals surface area contributed by atoms with Crippen molar-refractivity contribution in [2.45, 2.75) is 26.8 Å². The van der Waals surface area contributed by atoms with Gasteiger partial charge in [0.05, 0.1) is 12.2 Å². The number of nitrogens with zero attached hydrogens (tertiary/aromatic N) is 2. The predicted octanol–water partition coefficient (Wildman–Crippen LogP) is 2.62. The summed E-state index contributed by atoms with van der Waals surface area (Å²) in [7, 11) is 0. The average Bonchev–Trinajstić information content (AvgIpc) is 2.76. The van der Waals surface area contributed by atoms with Crippen LogP contribution in [0.25, 0.3) is 0 Å². The molecule has 4 N–H and O–H groups in total. The zero-order valence-electron chi connectivity index (χ0n) is 13.8. The second-order valence-electron chi connectivity index (χ2n) is 5.51. The van der Waals surface area contributed by atoms with E-state index in [1.54, 1.807) is 4.68 Å². The molecule has 0 spiro atoms. The van der Waals surface area contributed by atoms with Gasteiger partial charge in [-0.25, -0.2) is 9.18 Å². The number of hydrogen-bond donors (Lipinski definition) is 2. The quantitative estimate of drug-likeness (QED) is 0.795. The fourth-order valence-electron chi connectivity index (χ4n) is 2.41. The maximum Gasteiger partial charge on any atom is 0.404 e. The predicted molar refractivity (Wildman–Crippen MR) is 90.1 cm³/mol. The van der Waals surface area contributed by atoms with Crippen molar-refractivity contribution in [1.82, 2.24) is 9.78 Å². The molecule has 0 saturated carbocycles. The van der Waals surface area contributed by atoms with Gasteiger partial charge in [-0.3, -0.25) is 4.68 Å². The maximum atomic E-state index is 13.9. The van der Waals surface area contributed by atoms with Crippen LogP contribution in [0.4, 0.5) is 14.9 Å². The molecule has 6 nitrogen and oxygen atoms in total. The zero-order chi connectivity index (χ0) is 17.7. The van der Waals surface area contributed by atoms with E-state index in [1.807, 2.05) is 38.1 Å². The third kappa shape index (κ3) is 4.58. The van der Waals surface area contributed by atoms with E-state index in [2.05, 4.69) is 9.84 Å². The molecule has 0 aliphatic carbocycles. The van der Waals surface area contributed by atoms with Gasteiger partial charge < -0.3 is 16.2 Å². The van der Waals surface area contributed by atoms with E-state index in [1.165, 1.54) is 6.08 Å². The Morgan fingerprint density at radius 2 is 2.00 bits per heavy atom. The van der Waals surface area contributed by atoms with Crippen molar-refractivity contribution in [3.05, 3.63) is 58.7 Å².